The molecule has 3 rings (SSSR count). The summed E-state index contributed by atoms with van der Waals surface area (Å²) in [5.74, 6) is 1.26. The molecule has 1 fully saturated rings. The third kappa shape index (κ3) is 3.91. The maximum atomic E-state index is 11.2. The highest BCUT2D eigenvalue weighted by Crippen LogP contribution is 2.30. The van der Waals surface area contributed by atoms with Crippen LogP contribution < -0.4 is 21.1 Å². The van der Waals surface area contributed by atoms with Crippen LogP contribution in [0, 0.1) is 0 Å². The highest BCUT2D eigenvalue weighted by atomic mass is 16.5. The lowest BCUT2D eigenvalue weighted by Crippen LogP contribution is -2.33. The number of aromatic nitrogens is 2. The zero-order chi connectivity index (χ0) is 18.5. The normalized spacial score (nSPS) is 16.0. The van der Waals surface area contributed by atoms with Gasteiger partial charge in [-0.1, -0.05) is 13.0 Å². The van der Waals surface area contributed by atoms with Gasteiger partial charge in [0, 0.05) is 32.7 Å². The highest BCUT2D eigenvalue weighted by Gasteiger charge is 2.22. The van der Waals surface area contributed by atoms with E-state index in [-0.39, 0.29) is 0 Å². The van der Waals surface area contributed by atoms with Gasteiger partial charge in [-0.05, 0) is 38.1 Å². The zero-order valence-electron chi connectivity index (χ0n) is 15.4. The van der Waals surface area contributed by atoms with Crippen LogP contribution in [0.15, 0.2) is 18.2 Å². The number of anilines is 1. The summed E-state index contributed by atoms with van der Waals surface area (Å²) < 4.78 is 7.25. The van der Waals surface area contributed by atoms with Gasteiger partial charge in [0.05, 0.1) is 5.52 Å². The van der Waals surface area contributed by atoms with Crippen molar-refractivity contribution in [3.63, 3.8) is 0 Å². The Balaban J connectivity index is 1.96. The predicted octanol–water partition coefficient (Wildman–Crippen LogP) is 1.37. The molecule has 0 unspecified atom stereocenters. The number of primary amides is 1. The second-order valence-electron chi connectivity index (χ2n) is 6.58. The summed E-state index contributed by atoms with van der Waals surface area (Å²) in [6.07, 6.45) is 1.42. The molecule has 1 aromatic heterocycles. The molecule has 0 radical (unpaired) electrons. The average Bonchev–Trinajstić information content (AvgIpc) is 2.81. The predicted molar refractivity (Wildman–Crippen MR) is 103 cm³/mol. The van der Waals surface area contributed by atoms with Crippen LogP contribution in [-0.2, 0) is 6.54 Å². The molecule has 2 aromatic rings. The molecule has 142 valence electrons. The molecule has 0 saturated carbocycles. The Morgan fingerprint density at radius 2 is 2.08 bits per heavy atom. The molecule has 1 amide bonds. The minimum absolute atomic E-state index is 0.384. The van der Waals surface area contributed by atoms with Gasteiger partial charge < -0.3 is 30.6 Å². The van der Waals surface area contributed by atoms with E-state index in [9.17, 15) is 4.79 Å². The van der Waals surface area contributed by atoms with Crippen LogP contribution in [0.25, 0.3) is 11.0 Å². The smallest absolute Gasteiger partial charge is 0.408 e. The summed E-state index contributed by atoms with van der Waals surface area (Å²) in [5, 5.41) is 0. The first-order valence-electron chi connectivity index (χ1n) is 9.28. The molecule has 8 heteroatoms. The molecule has 0 aliphatic carbocycles. The first kappa shape index (κ1) is 18.5. The van der Waals surface area contributed by atoms with E-state index < -0.39 is 6.09 Å². The lowest BCUT2D eigenvalue weighted by molar-refractivity contribution is 0.211. The minimum atomic E-state index is -0.836. The van der Waals surface area contributed by atoms with E-state index >= 15 is 0 Å². The molecule has 2 heterocycles. The van der Waals surface area contributed by atoms with Crippen LogP contribution in [0.3, 0.4) is 0 Å². The van der Waals surface area contributed by atoms with Gasteiger partial charge in [-0.15, -0.1) is 0 Å². The molecule has 26 heavy (non-hydrogen) atoms. The number of nitrogens with two attached hydrogens (primary N) is 2. The van der Waals surface area contributed by atoms with Gasteiger partial charge in [0.2, 0.25) is 5.95 Å². The van der Waals surface area contributed by atoms with E-state index in [0.29, 0.717) is 24.4 Å². The Morgan fingerprint density at radius 3 is 2.81 bits per heavy atom. The highest BCUT2D eigenvalue weighted by molar-refractivity contribution is 5.87. The fourth-order valence-corrected chi connectivity index (χ4v) is 3.60. The number of para-hydroxylation sites is 1. The molecule has 1 saturated heterocycles. The van der Waals surface area contributed by atoms with Crippen LogP contribution in [0.4, 0.5) is 10.7 Å². The second-order valence-corrected chi connectivity index (χ2v) is 6.58. The number of imidazole rings is 1. The SMILES string of the molecule is CCCN1CCCN(c2nc3c(OC(N)=O)cccc3n2CCN)CC1. The van der Waals surface area contributed by atoms with Gasteiger partial charge in [0.15, 0.2) is 5.75 Å². The molecule has 0 bridgehead atoms. The number of ether oxygens (including phenoxy) is 1. The van der Waals surface area contributed by atoms with Crippen LogP contribution in [0.1, 0.15) is 19.8 Å². The maximum Gasteiger partial charge on any atom is 0.410 e. The molecule has 1 aromatic carbocycles. The van der Waals surface area contributed by atoms with E-state index in [1.165, 1.54) is 6.42 Å². The largest absolute Gasteiger partial charge is 0.410 e. The molecular weight excluding hydrogens is 332 g/mol. The number of hydrogen-bond acceptors (Lipinski definition) is 6. The second kappa shape index (κ2) is 8.37. The number of nitrogens with zero attached hydrogens (tertiary/aromatic N) is 4. The molecule has 4 N–H and O–H groups in total. The Labute approximate surface area is 153 Å². The molecular formula is C18H28N6O2. The number of fused-ring (bicyclic) bond motifs is 1. The third-order valence-corrected chi connectivity index (χ3v) is 4.70. The van der Waals surface area contributed by atoms with Gasteiger partial charge in [-0.2, -0.15) is 0 Å². The summed E-state index contributed by atoms with van der Waals surface area (Å²) in [7, 11) is 0. The van der Waals surface area contributed by atoms with E-state index in [1.54, 1.807) is 6.07 Å². The molecule has 0 spiro atoms. The van der Waals surface area contributed by atoms with E-state index in [4.69, 9.17) is 21.2 Å². The minimum Gasteiger partial charge on any atom is -0.408 e. The number of amides is 1. The van der Waals surface area contributed by atoms with Gasteiger partial charge in [-0.25, -0.2) is 9.78 Å². The summed E-state index contributed by atoms with van der Waals surface area (Å²) in [4.78, 5) is 20.8. The van der Waals surface area contributed by atoms with E-state index in [2.05, 4.69) is 21.3 Å². The number of rotatable bonds is 6. The van der Waals surface area contributed by atoms with E-state index in [1.807, 2.05) is 12.1 Å². The summed E-state index contributed by atoms with van der Waals surface area (Å²) in [6.45, 7) is 8.49. The van der Waals surface area contributed by atoms with Crippen molar-refractivity contribution in [3.8, 4) is 5.75 Å². The number of hydrogen-bond donors (Lipinski definition) is 2. The Kier molecular flexibility index (Phi) is 5.95. The summed E-state index contributed by atoms with van der Waals surface area (Å²) in [5.41, 5.74) is 12.6. The average molecular weight is 360 g/mol. The zero-order valence-corrected chi connectivity index (χ0v) is 15.4. The standard InChI is InChI=1S/C18H28N6O2/c1-2-8-22-9-4-10-23(13-12-22)18-21-16-14(24(18)11-7-19)5-3-6-15(16)26-17(20)25/h3,5-6H,2,4,7-13,19H2,1H3,(H2,20,25). The summed E-state index contributed by atoms with van der Waals surface area (Å²) >= 11 is 0. The van der Waals surface area contributed by atoms with Gasteiger partial charge in [-0.3, -0.25) is 0 Å². The van der Waals surface area contributed by atoms with Crippen molar-refractivity contribution in [2.75, 3.05) is 44.2 Å². The Bertz CT molecular complexity index is 759. The van der Waals surface area contributed by atoms with Crippen molar-refractivity contribution >= 4 is 23.1 Å². The fourth-order valence-electron chi connectivity index (χ4n) is 3.60. The molecule has 8 nitrogen and oxygen atoms in total. The lowest BCUT2D eigenvalue weighted by atomic mass is 10.3. The lowest BCUT2D eigenvalue weighted by Gasteiger charge is -2.23. The van der Waals surface area contributed by atoms with E-state index in [0.717, 1.165) is 50.6 Å². The van der Waals surface area contributed by atoms with Gasteiger partial charge in [0.25, 0.3) is 0 Å². The van der Waals surface area contributed by atoms with Crippen molar-refractivity contribution in [1.82, 2.24) is 14.5 Å². The quantitative estimate of drug-likeness (QED) is 0.807. The van der Waals surface area contributed by atoms with Crippen LogP contribution in [0.2, 0.25) is 0 Å². The maximum absolute atomic E-state index is 11.2. The van der Waals surface area contributed by atoms with Crippen molar-refractivity contribution in [2.24, 2.45) is 11.5 Å². The van der Waals surface area contributed by atoms with Gasteiger partial charge in [0.1, 0.15) is 5.52 Å². The monoisotopic (exact) mass is 360 g/mol. The Hall–Kier alpha value is -2.32. The van der Waals surface area contributed by atoms with Crippen molar-refractivity contribution in [3.05, 3.63) is 18.2 Å². The van der Waals surface area contributed by atoms with Crippen molar-refractivity contribution < 1.29 is 9.53 Å². The third-order valence-electron chi connectivity index (χ3n) is 4.70. The number of benzene rings is 1. The molecule has 1 aliphatic heterocycles. The van der Waals surface area contributed by atoms with Crippen LogP contribution in [-0.4, -0.2) is 59.8 Å². The summed E-state index contributed by atoms with van der Waals surface area (Å²) in [6, 6.07) is 5.52. The van der Waals surface area contributed by atoms with Crippen LogP contribution >= 0.6 is 0 Å². The number of carbonyl (C=O) groups is 1. The fraction of sp³-hybridized carbons (Fsp3) is 0.556. The first-order chi connectivity index (χ1) is 12.6. The first-order valence-corrected chi connectivity index (χ1v) is 9.28. The molecule has 1 aliphatic rings. The van der Waals surface area contributed by atoms with Gasteiger partial charge >= 0.3 is 6.09 Å². The topological polar surface area (TPSA) is 103 Å². The Morgan fingerprint density at radius 1 is 1.23 bits per heavy atom. The molecule has 0 atom stereocenters. The van der Waals surface area contributed by atoms with Crippen molar-refractivity contribution in [2.45, 2.75) is 26.3 Å². The van der Waals surface area contributed by atoms with Crippen molar-refractivity contribution in [1.29, 1.82) is 0 Å². The van der Waals surface area contributed by atoms with Crippen LogP contribution in [0.5, 0.6) is 5.75 Å². The number of carbonyl (C=O) groups excluding carboxylic acids is 1.